The van der Waals surface area contributed by atoms with E-state index in [9.17, 15) is 0 Å². The Morgan fingerprint density at radius 3 is 2.53 bits per heavy atom. The lowest BCUT2D eigenvalue weighted by Crippen LogP contribution is -2.50. The first-order valence-electron chi connectivity index (χ1n) is 6.72. The van der Waals surface area contributed by atoms with E-state index in [4.69, 9.17) is 0 Å². The molecule has 0 bridgehead atoms. The molecule has 15 heavy (non-hydrogen) atoms. The lowest BCUT2D eigenvalue weighted by Gasteiger charge is -2.35. The Bertz CT molecular complexity index is 191. The summed E-state index contributed by atoms with van der Waals surface area (Å²) in [5.74, 6) is 0. The van der Waals surface area contributed by atoms with Crippen LogP contribution in [0.3, 0.4) is 0 Å². The van der Waals surface area contributed by atoms with Crippen molar-refractivity contribution in [2.75, 3.05) is 19.6 Å². The van der Waals surface area contributed by atoms with Crippen LogP contribution in [-0.2, 0) is 0 Å². The molecule has 1 aliphatic heterocycles. The molecule has 1 N–H and O–H groups in total. The molecule has 2 heteroatoms. The minimum absolute atomic E-state index is 0.401. The fourth-order valence-electron chi connectivity index (χ4n) is 3.31. The highest BCUT2D eigenvalue weighted by Crippen LogP contribution is 2.27. The highest BCUT2D eigenvalue weighted by molar-refractivity contribution is 4.93. The summed E-state index contributed by atoms with van der Waals surface area (Å²) in [4.78, 5) is 2.71. The van der Waals surface area contributed by atoms with Crippen molar-refractivity contribution in [1.82, 2.24) is 10.2 Å². The zero-order chi connectivity index (χ0) is 10.7. The maximum Gasteiger partial charge on any atom is 0.0281 e. The molecule has 1 heterocycles. The summed E-state index contributed by atoms with van der Waals surface area (Å²) >= 11 is 0. The van der Waals surface area contributed by atoms with E-state index in [2.05, 4.69) is 24.1 Å². The third-order valence-electron chi connectivity index (χ3n) is 4.26. The van der Waals surface area contributed by atoms with Crippen LogP contribution in [0, 0.1) is 0 Å². The average molecular weight is 210 g/mol. The van der Waals surface area contributed by atoms with Crippen molar-refractivity contribution < 1.29 is 0 Å². The van der Waals surface area contributed by atoms with Gasteiger partial charge in [-0.05, 0) is 45.7 Å². The van der Waals surface area contributed by atoms with Crippen LogP contribution in [0.2, 0.25) is 0 Å². The zero-order valence-corrected chi connectivity index (χ0v) is 10.4. The van der Waals surface area contributed by atoms with Crippen LogP contribution < -0.4 is 5.32 Å². The lowest BCUT2D eigenvalue weighted by molar-refractivity contribution is 0.157. The van der Waals surface area contributed by atoms with Gasteiger partial charge in [-0.15, -0.1) is 0 Å². The summed E-state index contributed by atoms with van der Waals surface area (Å²) in [6.45, 7) is 8.42. The second-order valence-corrected chi connectivity index (χ2v) is 5.59. The van der Waals surface area contributed by atoms with E-state index in [0.717, 1.165) is 6.04 Å². The van der Waals surface area contributed by atoms with Gasteiger partial charge in [0.2, 0.25) is 0 Å². The van der Waals surface area contributed by atoms with Gasteiger partial charge in [0.25, 0.3) is 0 Å². The van der Waals surface area contributed by atoms with Crippen molar-refractivity contribution in [3.05, 3.63) is 0 Å². The van der Waals surface area contributed by atoms with Gasteiger partial charge in [0.1, 0.15) is 0 Å². The van der Waals surface area contributed by atoms with Gasteiger partial charge in [-0.3, -0.25) is 4.90 Å². The van der Waals surface area contributed by atoms with E-state index in [1.54, 1.807) is 0 Å². The smallest absolute Gasteiger partial charge is 0.0281 e. The lowest BCUT2D eigenvalue weighted by atomic mass is 9.98. The summed E-state index contributed by atoms with van der Waals surface area (Å²) in [6, 6.07) is 0.884. The van der Waals surface area contributed by atoms with E-state index >= 15 is 0 Å². The van der Waals surface area contributed by atoms with E-state index in [1.165, 1.54) is 58.2 Å². The van der Waals surface area contributed by atoms with E-state index in [0.29, 0.717) is 5.54 Å². The van der Waals surface area contributed by atoms with E-state index in [-0.39, 0.29) is 0 Å². The predicted octanol–water partition coefficient (Wildman–Crippen LogP) is 2.39. The SMILES string of the molecule is CCN(CC1(C)CCCN1)C1CCCC1. The highest BCUT2D eigenvalue weighted by atomic mass is 15.2. The molecule has 0 spiro atoms. The van der Waals surface area contributed by atoms with Crippen molar-refractivity contribution in [2.45, 2.75) is 64.0 Å². The molecule has 0 aromatic heterocycles. The summed E-state index contributed by atoms with van der Waals surface area (Å²) in [6.07, 6.45) is 8.49. The molecule has 2 fully saturated rings. The van der Waals surface area contributed by atoms with Crippen LogP contribution in [-0.4, -0.2) is 36.1 Å². The average Bonchev–Trinajstić information content (AvgIpc) is 2.85. The summed E-state index contributed by atoms with van der Waals surface area (Å²) in [5, 5.41) is 3.68. The first-order valence-corrected chi connectivity index (χ1v) is 6.72. The van der Waals surface area contributed by atoms with Gasteiger partial charge in [0, 0.05) is 18.1 Å². The third kappa shape index (κ3) is 2.73. The Hall–Kier alpha value is -0.0800. The minimum Gasteiger partial charge on any atom is -0.310 e. The molecule has 1 atom stereocenters. The van der Waals surface area contributed by atoms with Crippen LogP contribution in [0.5, 0.6) is 0 Å². The molecule has 1 saturated carbocycles. The van der Waals surface area contributed by atoms with Gasteiger partial charge < -0.3 is 5.32 Å². The first-order chi connectivity index (χ1) is 7.23. The Morgan fingerprint density at radius 2 is 2.00 bits per heavy atom. The fourth-order valence-corrected chi connectivity index (χ4v) is 3.31. The largest absolute Gasteiger partial charge is 0.310 e. The van der Waals surface area contributed by atoms with Gasteiger partial charge in [-0.2, -0.15) is 0 Å². The van der Waals surface area contributed by atoms with Crippen molar-refractivity contribution in [3.8, 4) is 0 Å². The van der Waals surface area contributed by atoms with E-state index in [1.807, 2.05) is 0 Å². The number of likely N-dealkylation sites (N-methyl/N-ethyl adjacent to an activating group) is 1. The topological polar surface area (TPSA) is 15.3 Å². The number of rotatable bonds is 4. The van der Waals surface area contributed by atoms with E-state index < -0.39 is 0 Å². The van der Waals surface area contributed by atoms with Crippen LogP contribution in [0.4, 0.5) is 0 Å². The number of hydrogen-bond donors (Lipinski definition) is 1. The Morgan fingerprint density at radius 1 is 1.27 bits per heavy atom. The molecule has 0 aromatic carbocycles. The highest BCUT2D eigenvalue weighted by Gasteiger charge is 2.32. The molecule has 1 unspecified atom stereocenters. The molecule has 2 rings (SSSR count). The molecule has 1 aliphatic carbocycles. The van der Waals surface area contributed by atoms with Gasteiger partial charge in [-0.25, -0.2) is 0 Å². The van der Waals surface area contributed by atoms with Crippen LogP contribution >= 0.6 is 0 Å². The van der Waals surface area contributed by atoms with Crippen molar-refractivity contribution in [2.24, 2.45) is 0 Å². The molecular weight excluding hydrogens is 184 g/mol. The monoisotopic (exact) mass is 210 g/mol. The molecular formula is C13H26N2. The van der Waals surface area contributed by atoms with Crippen molar-refractivity contribution in [1.29, 1.82) is 0 Å². The van der Waals surface area contributed by atoms with Crippen molar-refractivity contribution in [3.63, 3.8) is 0 Å². The minimum atomic E-state index is 0.401. The molecule has 0 aromatic rings. The maximum absolute atomic E-state index is 3.68. The molecule has 2 nitrogen and oxygen atoms in total. The number of nitrogens with one attached hydrogen (secondary N) is 1. The Balaban J connectivity index is 1.89. The third-order valence-corrected chi connectivity index (χ3v) is 4.26. The number of hydrogen-bond acceptors (Lipinski definition) is 2. The van der Waals surface area contributed by atoms with Gasteiger partial charge in [0.05, 0.1) is 0 Å². The molecule has 0 radical (unpaired) electrons. The normalized spacial score (nSPS) is 33.0. The quantitative estimate of drug-likeness (QED) is 0.766. The summed E-state index contributed by atoms with van der Waals surface area (Å²) in [5.41, 5.74) is 0.401. The van der Waals surface area contributed by atoms with Gasteiger partial charge in [-0.1, -0.05) is 19.8 Å². The van der Waals surface area contributed by atoms with Crippen LogP contribution in [0.1, 0.15) is 52.4 Å². The second kappa shape index (κ2) is 4.84. The second-order valence-electron chi connectivity index (χ2n) is 5.59. The summed E-state index contributed by atoms with van der Waals surface area (Å²) in [7, 11) is 0. The fraction of sp³-hybridized carbons (Fsp3) is 1.00. The van der Waals surface area contributed by atoms with Gasteiger partial charge >= 0.3 is 0 Å². The van der Waals surface area contributed by atoms with Crippen LogP contribution in [0.15, 0.2) is 0 Å². The van der Waals surface area contributed by atoms with Gasteiger partial charge in [0.15, 0.2) is 0 Å². The standard InChI is InChI=1S/C13H26N2/c1-3-15(12-7-4-5-8-12)11-13(2)9-6-10-14-13/h12,14H,3-11H2,1-2H3. The number of nitrogens with zero attached hydrogens (tertiary/aromatic N) is 1. The molecule has 88 valence electrons. The summed E-state index contributed by atoms with van der Waals surface area (Å²) < 4.78 is 0. The van der Waals surface area contributed by atoms with Crippen LogP contribution in [0.25, 0.3) is 0 Å². The maximum atomic E-state index is 3.68. The first kappa shape index (κ1) is 11.4. The molecule has 0 amide bonds. The molecule has 2 aliphatic rings. The van der Waals surface area contributed by atoms with Crippen molar-refractivity contribution >= 4 is 0 Å². The Kier molecular flexibility index (Phi) is 3.68. The predicted molar refractivity (Wildman–Crippen MR) is 65.1 cm³/mol. The Labute approximate surface area is 94.4 Å². The molecule has 1 saturated heterocycles. The zero-order valence-electron chi connectivity index (χ0n) is 10.4.